The third kappa shape index (κ3) is 3.71. The molecule has 2 aromatic rings. The van der Waals surface area contributed by atoms with Gasteiger partial charge in [-0.3, -0.25) is 9.59 Å². The second-order valence-electron chi connectivity index (χ2n) is 5.83. The number of aromatic nitrogens is 2. The van der Waals surface area contributed by atoms with Crippen molar-refractivity contribution in [3.05, 3.63) is 48.0 Å². The first-order valence-corrected chi connectivity index (χ1v) is 9.27. The molecule has 1 aliphatic rings. The molecule has 1 aliphatic heterocycles. The van der Waals surface area contributed by atoms with Crippen LogP contribution in [0.5, 0.6) is 0 Å². The van der Waals surface area contributed by atoms with Crippen LogP contribution in [0.25, 0.3) is 0 Å². The molecule has 1 unspecified atom stereocenters. The topological polar surface area (TPSA) is 110 Å². The van der Waals surface area contributed by atoms with Crippen molar-refractivity contribution in [3.8, 4) is 0 Å². The number of hydrogen-bond acceptors (Lipinski definition) is 5. The van der Waals surface area contributed by atoms with Crippen LogP contribution in [0, 0.1) is 0 Å². The van der Waals surface area contributed by atoms with Crippen LogP contribution in [-0.4, -0.2) is 29.8 Å². The summed E-state index contributed by atoms with van der Waals surface area (Å²) in [4.78, 5) is 27.4. The summed E-state index contributed by atoms with van der Waals surface area (Å²) in [5, 5.41) is 2.63. The predicted molar refractivity (Wildman–Crippen MR) is 88.9 cm³/mol. The molecular weight excluding hydrogens is 344 g/mol. The van der Waals surface area contributed by atoms with Gasteiger partial charge in [-0.2, -0.15) is 0 Å². The van der Waals surface area contributed by atoms with E-state index >= 15 is 0 Å². The smallest absolute Gasteiger partial charge is 0.264 e. The van der Waals surface area contributed by atoms with Gasteiger partial charge in [0, 0.05) is 32.3 Å². The SMILES string of the molecule is CC(=O)NCc1ccc(S(=O)(=O)NC(=O)C2CCc3nccn32)cc1. The number of aryl methyl sites for hydroxylation is 1. The number of hydrogen-bond donors (Lipinski definition) is 2. The lowest BCUT2D eigenvalue weighted by Crippen LogP contribution is -2.35. The van der Waals surface area contributed by atoms with Crippen LogP contribution in [0.2, 0.25) is 0 Å². The van der Waals surface area contributed by atoms with Gasteiger partial charge in [-0.25, -0.2) is 18.1 Å². The van der Waals surface area contributed by atoms with E-state index in [1.807, 2.05) is 0 Å². The highest BCUT2D eigenvalue weighted by Gasteiger charge is 2.31. The van der Waals surface area contributed by atoms with E-state index in [0.717, 1.165) is 11.4 Å². The van der Waals surface area contributed by atoms with Crippen molar-refractivity contribution in [2.75, 3.05) is 0 Å². The quantitative estimate of drug-likeness (QED) is 0.805. The zero-order valence-corrected chi connectivity index (χ0v) is 14.4. The maximum absolute atomic E-state index is 12.4. The number of imidazole rings is 1. The maximum Gasteiger partial charge on any atom is 0.264 e. The summed E-state index contributed by atoms with van der Waals surface area (Å²) in [5.74, 6) is 0.0401. The van der Waals surface area contributed by atoms with Crippen LogP contribution in [0.4, 0.5) is 0 Å². The Labute approximate surface area is 145 Å². The average Bonchev–Trinajstić information content (AvgIpc) is 3.15. The Morgan fingerprint density at radius 1 is 1.28 bits per heavy atom. The third-order valence-electron chi connectivity index (χ3n) is 4.04. The van der Waals surface area contributed by atoms with Gasteiger partial charge < -0.3 is 9.88 Å². The van der Waals surface area contributed by atoms with E-state index in [1.54, 1.807) is 29.1 Å². The molecule has 2 amide bonds. The van der Waals surface area contributed by atoms with Crippen LogP contribution < -0.4 is 10.0 Å². The number of rotatable bonds is 5. The first-order chi connectivity index (χ1) is 11.9. The molecule has 25 heavy (non-hydrogen) atoms. The van der Waals surface area contributed by atoms with Crippen molar-refractivity contribution in [1.29, 1.82) is 0 Å². The molecule has 0 bridgehead atoms. The largest absolute Gasteiger partial charge is 0.352 e. The van der Waals surface area contributed by atoms with Crippen LogP contribution in [0.1, 0.15) is 30.8 Å². The second-order valence-corrected chi connectivity index (χ2v) is 7.51. The highest BCUT2D eigenvalue weighted by Crippen LogP contribution is 2.25. The Hall–Kier alpha value is -2.68. The summed E-state index contributed by atoms with van der Waals surface area (Å²) in [5.41, 5.74) is 0.763. The highest BCUT2D eigenvalue weighted by atomic mass is 32.2. The van der Waals surface area contributed by atoms with Crippen LogP contribution in [-0.2, 0) is 32.6 Å². The van der Waals surface area contributed by atoms with E-state index in [-0.39, 0.29) is 10.8 Å². The lowest BCUT2D eigenvalue weighted by Gasteiger charge is -2.13. The molecule has 3 rings (SSSR count). The lowest BCUT2D eigenvalue weighted by atomic mass is 10.2. The summed E-state index contributed by atoms with van der Waals surface area (Å²) in [6.07, 6.45) is 4.44. The molecular formula is C16H18N4O4S. The van der Waals surface area contributed by atoms with Crippen molar-refractivity contribution >= 4 is 21.8 Å². The number of carbonyl (C=O) groups is 2. The van der Waals surface area contributed by atoms with Gasteiger partial charge >= 0.3 is 0 Å². The zero-order chi connectivity index (χ0) is 18.0. The molecule has 8 nitrogen and oxygen atoms in total. The third-order valence-corrected chi connectivity index (χ3v) is 5.40. The standard InChI is InChI=1S/C16H18N4O4S/c1-11(21)18-10-12-2-4-13(5-3-12)25(23,24)19-16(22)14-6-7-15-17-8-9-20(14)15/h2-5,8-9,14H,6-7,10H2,1H3,(H,18,21)(H,19,22). The van der Waals surface area contributed by atoms with Gasteiger partial charge in [0.2, 0.25) is 5.91 Å². The van der Waals surface area contributed by atoms with E-state index in [9.17, 15) is 18.0 Å². The summed E-state index contributed by atoms with van der Waals surface area (Å²) in [6.45, 7) is 1.72. The van der Waals surface area contributed by atoms with Crippen molar-refractivity contribution < 1.29 is 18.0 Å². The van der Waals surface area contributed by atoms with Crippen molar-refractivity contribution in [2.24, 2.45) is 0 Å². The maximum atomic E-state index is 12.4. The number of nitrogens with zero attached hydrogens (tertiary/aromatic N) is 2. The summed E-state index contributed by atoms with van der Waals surface area (Å²) < 4.78 is 28.6. The number of carbonyl (C=O) groups excluding carboxylic acids is 2. The summed E-state index contributed by atoms with van der Waals surface area (Å²) >= 11 is 0. The number of benzene rings is 1. The van der Waals surface area contributed by atoms with Crippen molar-refractivity contribution in [1.82, 2.24) is 19.6 Å². The van der Waals surface area contributed by atoms with Crippen molar-refractivity contribution in [2.45, 2.75) is 37.2 Å². The number of nitrogens with one attached hydrogen (secondary N) is 2. The number of amides is 2. The molecule has 0 saturated carbocycles. The predicted octanol–water partition coefficient (Wildman–Crippen LogP) is 0.512. The second kappa shape index (κ2) is 6.67. The Morgan fingerprint density at radius 2 is 2.00 bits per heavy atom. The fraction of sp³-hybridized carbons (Fsp3) is 0.312. The Bertz CT molecular complexity index is 902. The minimum atomic E-state index is -3.95. The first kappa shape index (κ1) is 17.2. The molecule has 1 aromatic heterocycles. The van der Waals surface area contributed by atoms with E-state index in [1.165, 1.54) is 19.1 Å². The van der Waals surface area contributed by atoms with Gasteiger partial charge in [0.25, 0.3) is 15.9 Å². The lowest BCUT2D eigenvalue weighted by molar-refractivity contribution is -0.122. The monoisotopic (exact) mass is 362 g/mol. The Balaban J connectivity index is 1.69. The number of fused-ring (bicyclic) bond motifs is 1. The Kier molecular flexibility index (Phi) is 4.58. The normalized spacial score (nSPS) is 16.3. The summed E-state index contributed by atoms with van der Waals surface area (Å²) in [6, 6.07) is 5.44. The van der Waals surface area contributed by atoms with Gasteiger partial charge in [0.1, 0.15) is 11.9 Å². The molecule has 2 heterocycles. The van der Waals surface area contributed by atoms with Gasteiger partial charge in [-0.1, -0.05) is 12.1 Å². The van der Waals surface area contributed by atoms with Gasteiger partial charge in [-0.05, 0) is 24.1 Å². The molecule has 0 saturated heterocycles. The van der Waals surface area contributed by atoms with Gasteiger partial charge in [0.15, 0.2) is 0 Å². The number of sulfonamides is 1. The van der Waals surface area contributed by atoms with Crippen LogP contribution in [0.3, 0.4) is 0 Å². The molecule has 0 spiro atoms. The highest BCUT2D eigenvalue weighted by molar-refractivity contribution is 7.90. The molecule has 1 atom stereocenters. The van der Waals surface area contributed by atoms with Crippen LogP contribution in [0.15, 0.2) is 41.6 Å². The van der Waals surface area contributed by atoms with Crippen molar-refractivity contribution in [3.63, 3.8) is 0 Å². The molecule has 1 aromatic carbocycles. The van der Waals surface area contributed by atoms with E-state index in [2.05, 4.69) is 15.0 Å². The zero-order valence-electron chi connectivity index (χ0n) is 13.6. The molecule has 0 fully saturated rings. The molecule has 0 radical (unpaired) electrons. The molecule has 132 valence electrons. The molecule has 9 heteroatoms. The fourth-order valence-electron chi connectivity index (χ4n) is 2.76. The summed E-state index contributed by atoms with van der Waals surface area (Å²) in [7, 11) is -3.95. The molecule has 0 aliphatic carbocycles. The first-order valence-electron chi connectivity index (χ1n) is 7.78. The molecule has 2 N–H and O–H groups in total. The average molecular weight is 362 g/mol. The fourth-order valence-corrected chi connectivity index (χ4v) is 3.77. The Morgan fingerprint density at radius 3 is 2.68 bits per heavy atom. The van der Waals surface area contributed by atoms with E-state index in [4.69, 9.17) is 0 Å². The van der Waals surface area contributed by atoms with Gasteiger partial charge in [0.05, 0.1) is 4.90 Å². The van der Waals surface area contributed by atoms with Crippen LogP contribution >= 0.6 is 0 Å². The minimum absolute atomic E-state index is 0.00345. The van der Waals surface area contributed by atoms with Gasteiger partial charge in [-0.15, -0.1) is 0 Å². The minimum Gasteiger partial charge on any atom is -0.352 e. The van der Waals surface area contributed by atoms with E-state index < -0.39 is 22.0 Å². The van der Waals surface area contributed by atoms with E-state index in [0.29, 0.717) is 19.4 Å².